The van der Waals surface area contributed by atoms with Gasteiger partial charge in [0, 0.05) is 53.0 Å². The Balaban J connectivity index is 0.00000341. The number of aliphatic imine (C=N–C) groups is 1. The molecule has 2 heterocycles. The molecule has 2 aromatic rings. The second-order valence-corrected chi connectivity index (χ2v) is 7.30. The molecular formula is C21H34IN7O2. The number of phenolic OH excluding ortho intramolecular Hbond substituents is 1. The molecule has 3 rings (SSSR count). The number of nitrogens with zero attached hydrogens (tertiary/aromatic N) is 6. The minimum atomic E-state index is 0. The van der Waals surface area contributed by atoms with Crippen LogP contribution in [0.25, 0.3) is 0 Å². The molecule has 0 spiro atoms. The van der Waals surface area contributed by atoms with E-state index in [4.69, 9.17) is 9.73 Å². The summed E-state index contributed by atoms with van der Waals surface area (Å²) in [4.78, 5) is 9.30. The Morgan fingerprint density at radius 3 is 2.58 bits per heavy atom. The summed E-state index contributed by atoms with van der Waals surface area (Å²) in [5.41, 5.74) is 0.884. The molecule has 1 aromatic heterocycles. The van der Waals surface area contributed by atoms with Crippen molar-refractivity contribution in [2.45, 2.75) is 26.8 Å². The zero-order valence-corrected chi connectivity index (χ0v) is 21.0. The lowest BCUT2D eigenvalue weighted by atomic mass is 10.2. The van der Waals surface area contributed by atoms with Crippen LogP contribution in [0.4, 0.5) is 5.69 Å². The summed E-state index contributed by atoms with van der Waals surface area (Å²) < 4.78 is 7.40. The molecule has 9 nitrogen and oxygen atoms in total. The van der Waals surface area contributed by atoms with Gasteiger partial charge in [0.15, 0.2) is 11.8 Å². The summed E-state index contributed by atoms with van der Waals surface area (Å²) in [6.07, 6.45) is 0.924. The van der Waals surface area contributed by atoms with E-state index in [1.54, 1.807) is 6.07 Å². The predicted octanol–water partition coefficient (Wildman–Crippen LogP) is 2.14. The number of aryl methyl sites for hydroxylation is 1. The zero-order valence-electron chi connectivity index (χ0n) is 18.6. The van der Waals surface area contributed by atoms with E-state index in [9.17, 15) is 5.11 Å². The smallest absolute Gasteiger partial charge is 0.194 e. The Morgan fingerprint density at radius 1 is 1.19 bits per heavy atom. The van der Waals surface area contributed by atoms with E-state index in [1.807, 2.05) is 43.7 Å². The lowest BCUT2D eigenvalue weighted by Crippen LogP contribution is -2.52. The number of hydrogen-bond donors (Lipinski definition) is 2. The van der Waals surface area contributed by atoms with Crippen molar-refractivity contribution >= 4 is 35.6 Å². The molecule has 31 heavy (non-hydrogen) atoms. The van der Waals surface area contributed by atoms with Crippen LogP contribution in [0.5, 0.6) is 5.75 Å². The number of anilines is 1. The van der Waals surface area contributed by atoms with Gasteiger partial charge in [0.05, 0.1) is 5.69 Å². The molecule has 1 aliphatic heterocycles. The fourth-order valence-corrected chi connectivity index (χ4v) is 3.41. The van der Waals surface area contributed by atoms with Crippen molar-refractivity contribution in [2.24, 2.45) is 12.0 Å². The molecule has 10 heteroatoms. The molecule has 1 aromatic carbocycles. The highest BCUT2D eigenvalue weighted by Crippen LogP contribution is 2.27. The van der Waals surface area contributed by atoms with E-state index < -0.39 is 0 Å². The van der Waals surface area contributed by atoms with Crippen molar-refractivity contribution in [1.82, 2.24) is 25.0 Å². The van der Waals surface area contributed by atoms with E-state index in [0.29, 0.717) is 12.3 Å². The van der Waals surface area contributed by atoms with Crippen LogP contribution in [-0.2, 0) is 18.3 Å². The molecule has 0 atom stereocenters. The number of nitrogens with one attached hydrogen (secondary N) is 1. The Hall–Kier alpha value is -2.08. The summed E-state index contributed by atoms with van der Waals surface area (Å²) >= 11 is 0. The van der Waals surface area contributed by atoms with Gasteiger partial charge in [-0.2, -0.15) is 0 Å². The van der Waals surface area contributed by atoms with E-state index in [2.05, 4.69) is 25.3 Å². The predicted molar refractivity (Wildman–Crippen MR) is 133 cm³/mol. The molecule has 1 aliphatic rings. The summed E-state index contributed by atoms with van der Waals surface area (Å²) in [5.74, 6) is 2.92. The van der Waals surface area contributed by atoms with Crippen molar-refractivity contribution < 1.29 is 9.84 Å². The molecule has 172 valence electrons. The van der Waals surface area contributed by atoms with Crippen LogP contribution in [0.1, 0.15) is 25.0 Å². The molecule has 2 N–H and O–H groups in total. The monoisotopic (exact) mass is 543 g/mol. The quantitative estimate of drug-likeness (QED) is 0.228. The standard InChI is InChI=1S/C21H33N7O2.HI/c1-4-30-15-7-10-22-21(23-16-20-25-24-17(2)26(20)3)28-13-11-27(12-14-28)18-8-5-6-9-19(18)29;/h5-6,8-9,29H,4,7,10-16H2,1-3H3,(H,22,23);1H. The summed E-state index contributed by atoms with van der Waals surface area (Å²) in [6, 6.07) is 7.50. The second-order valence-electron chi connectivity index (χ2n) is 7.30. The van der Waals surface area contributed by atoms with Crippen LogP contribution in [-0.4, -0.2) is 76.7 Å². The molecule has 1 saturated heterocycles. The van der Waals surface area contributed by atoms with Gasteiger partial charge in [0.1, 0.15) is 18.1 Å². The van der Waals surface area contributed by atoms with E-state index >= 15 is 0 Å². The lowest BCUT2D eigenvalue weighted by molar-refractivity contribution is 0.145. The van der Waals surface area contributed by atoms with Gasteiger partial charge in [-0.25, -0.2) is 4.99 Å². The minimum absolute atomic E-state index is 0. The van der Waals surface area contributed by atoms with Crippen LogP contribution in [0.15, 0.2) is 29.3 Å². The van der Waals surface area contributed by atoms with Crippen molar-refractivity contribution in [2.75, 3.05) is 50.8 Å². The maximum atomic E-state index is 10.1. The van der Waals surface area contributed by atoms with E-state index in [1.165, 1.54) is 0 Å². The molecule has 0 radical (unpaired) electrons. The number of rotatable bonds is 8. The first-order valence-corrected chi connectivity index (χ1v) is 10.6. The maximum absolute atomic E-state index is 10.1. The third kappa shape index (κ3) is 6.96. The lowest BCUT2D eigenvalue weighted by Gasteiger charge is -2.38. The fourth-order valence-electron chi connectivity index (χ4n) is 3.41. The fraction of sp³-hybridized carbons (Fsp3) is 0.571. The second kappa shape index (κ2) is 12.7. The van der Waals surface area contributed by atoms with Gasteiger partial charge in [0.2, 0.25) is 0 Å². The van der Waals surface area contributed by atoms with Crippen molar-refractivity contribution in [3.8, 4) is 5.75 Å². The number of halogens is 1. The van der Waals surface area contributed by atoms with Crippen molar-refractivity contribution in [1.29, 1.82) is 0 Å². The normalized spacial score (nSPS) is 14.5. The number of aromatic nitrogens is 3. The average molecular weight is 543 g/mol. The highest BCUT2D eigenvalue weighted by atomic mass is 127. The number of ether oxygens (including phenoxy) is 1. The minimum Gasteiger partial charge on any atom is -0.506 e. The third-order valence-corrected chi connectivity index (χ3v) is 5.31. The third-order valence-electron chi connectivity index (χ3n) is 5.31. The van der Waals surface area contributed by atoms with Crippen LogP contribution < -0.4 is 10.2 Å². The van der Waals surface area contributed by atoms with E-state index in [-0.39, 0.29) is 24.0 Å². The number of guanidine groups is 1. The average Bonchev–Trinajstić information content (AvgIpc) is 3.08. The Bertz CT molecular complexity index is 835. The number of benzene rings is 1. The van der Waals surface area contributed by atoms with Gasteiger partial charge in [-0.15, -0.1) is 34.2 Å². The van der Waals surface area contributed by atoms with Crippen LogP contribution in [0, 0.1) is 6.92 Å². The Kier molecular flexibility index (Phi) is 10.3. The van der Waals surface area contributed by atoms with Gasteiger partial charge >= 0.3 is 0 Å². The number of aromatic hydroxyl groups is 1. The topological polar surface area (TPSA) is 91.0 Å². The van der Waals surface area contributed by atoms with Crippen molar-refractivity contribution in [3.63, 3.8) is 0 Å². The summed E-state index contributed by atoms with van der Waals surface area (Å²) in [6.45, 7) is 9.98. The van der Waals surface area contributed by atoms with Gasteiger partial charge in [-0.1, -0.05) is 12.1 Å². The molecule has 0 unspecified atom stereocenters. The molecule has 0 bridgehead atoms. The molecule has 0 amide bonds. The van der Waals surface area contributed by atoms with Gasteiger partial charge in [-0.05, 0) is 32.4 Å². The van der Waals surface area contributed by atoms with Crippen LogP contribution in [0.2, 0.25) is 0 Å². The first-order chi connectivity index (χ1) is 14.6. The first kappa shape index (κ1) is 25.2. The highest BCUT2D eigenvalue weighted by Gasteiger charge is 2.21. The number of para-hydroxylation sites is 2. The van der Waals surface area contributed by atoms with Crippen LogP contribution >= 0.6 is 24.0 Å². The summed E-state index contributed by atoms with van der Waals surface area (Å²) in [5, 5.41) is 22.0. The van der Waals surface area contributed by atoms with Gasteiger partial charge < -0.3 is 29.5 Å². The van der Waals surface area contributed by atoms with Crippen LogP contribution in [0.3, 0.4) is 0 Å². The van der Waals surface area contributed by atoms with E-state index in [0.717, 1.165) is 75.7 Å². The SMILES string of the molecule is CCOCCCNC(=NCc1nnc(C)n1C)N1CCN(c2ccccc2O)CC1.I. The molecular weight excluding hydrogens is 509 g/mol. The Labute approximate surface area is 201 Å². The maximum Gasteiger partial charge on any atom is 0.194 e. The Morgan fingerprint density at radius 2 is 1.94 bits per heavy atom. The summed E-state index contributed by atoms with van der Waals surface area (Å²) in [7, 11) is 1.96. The molecule has 0 aliphatic carbocycles. The number of piperazine rings is 1. The largest absolute Gasteiger partial charge is 0.506 e. The first-order valence-electron chi connectivity index (χ1n) is 10.6. The van der Waals surface area contributed by atoms with Crippen molar-refractivity contribution in [3.05, 3.63) is 35.9 Å². The van der Waals surface area contributed by atoms with Gasteiger partial charge in [-0.3, -0.25) is 0 Å². The zero-order chi connectivity index (χ0) is 21.3. The number of phenols is 1. The number of hydrogen-bond acceptors (Lipinski definition) is 6. The molecule has 1 fully saturated rings. The molecule has 0 saturated carbocycles. The highest BCUT2D eigenvalue weighted by molar-refractivity contribution is 14.0. The van der Waals surface area contributed by atoms with Gasteiger partial charge in [0.25, 0.3) is 0 Å².